The molecule has 32 heavy (non-hydrogen) atoms. The highest BCUT2D eigenvalue weighted by molar-refractivity contribution is 5.97. The monoisotopic (exact) mass is 441 g/mol. The summed E-state index contributed by atoms with van der Waals surface area (Å²) in [6, 6.07) is 9.12. The van der Waals surface area contributed by atoms with Gasteiger partial charge in [-0.05, 0) is 61.1 Å². The van der Waals surface area contributed by atoms with Crippen LogP contribution in [0.4, 0.5) is 13.2 Å². The van der Waals surface area contributed by atoms with E-state index in [-0.39, 0.29) is 16.7 Å². The highest BCUT2D eigenvalue weighted by Crippen LogP contribution is 2.35. The fourth-order valence-electron chi connectivity index (χ4n) is 4.33. The Morgan fingerprint density at radius 2 is 1.94 bits per heavy atom. The number of halogens is 3. The highest BCUT2D eigenvalue weighted by atomic mass is 19.4. The summed E-state index contributed by atoms with van der Waals surface area (Å²) in [5, 5.41) is 0.687. The predicted molar refractivity (Wildman–Crippen MR) is 112 cm³/mol. The molecule has 1 aliphatic carbocycles. The SMILES string of the molecule is C[C@@H]1CCc2[nH]c3ccc(C(=O)Oc4ccc5c(C(F)(F)F)cc(=O)oc5c4)cc3c2C1. The number of aromatic nitrogens is 1. The Balaban J connectivity index is 1.48. The van der Waals surface area contributed by atoms with Gasteiger partial charge in [0.2, 0.25) is 0 Å². The van der Waals surface area contributed by atoms with Gasteiger partial charge in [-0.25, -0.2) is 9.59 Å². The topological polar surface area (TPSA) is 72.3 Å². The first-order chi connectivity index (χ1) is 15.2. The number of rotatable bonds is 2. The summed E-state index contributed by atoms with van der Waals surface area (Å²) in [5.41, 5.74) is 1.13. The molecule has 1 aliphatic rings. The molecule has 2 aromatic heterocycles. The first-order valence-corrected chi connectivity index (χ1v) is 10.2. The maximum absolute atomic E-state index is 13.2. The number of aryl methyl sites for hydroxylation is 1. The van der Waals surface area contributed by atoms with Crippen molar-refractivity contribution in [3.8, 4) is 5.75 Å². The van der Waals surface area contributed by atoms with Crippen LogP contribution in [0.15, 0.2) is 51.7 Å². The van der Waals surface area contributed by atoms with E-state index >= 15 is 0 Å². The Kier molecular flexibility index (Phi) is 4.62. The van der Waals surface area contributed by atoms with Crippen LogP contribution < -0.4 is 10.4 Å². The molecule has 0 saturated heterocycles. The summed E-state index contributed by atoms with van der Waals surface area (Å²) in [7, 11) is 0. The lowest BCUT2D eigenvalue weighted by Crippen LogP contribution is -2.12. The van der Waals surface area contributed by atoms with E-state index in [1.54, 1.807) is 12.1 Å². The summed E-state index contributed by atoms with van der Waals surface area (Å²) in [4.78, 5) is 27.7. The third kappa shape index (κ3) is 3.55. The van der Waals surface area contributed by atoms with Crippen LogP contribution in [0.3, 0.4) is 0 Å². The van der Waals surface area contributed by atoms with Crippen molar-refractivity contribution in [3.05, 3.63) is 75.3 Å². The van der Waals surface area contributed by atoms with Crippen LogP contribution in [0.1, 0.15) is 40.5 Å². The predicted octanol–water partition coefficient (Wildman–Crippen LogP) is 5.64. The third-order valence-corrected chi connectivity index (χ3v) is 5.90. The van der Waals surface area contributed by atoms with Crippen molar-refractivity contribution in [3.63, 3.8) is 0 Å². The fourth-order valence-corrected chi connectivity index (χ4v) is 4.33. The van der Waals surface area contributed by atoms with E-state index in [2.05, 4.69) is 11.9 Å². The van der Waals surface area contributed by atoms with Crippen molar-refractivity contribution >= 4 is 27.8 Å². The minimum Gasteiger partial charge on any atom is -0.423 e. The van der Waals surface area contributed by atoms with Crippen LogP contribution >= 0.6 is 0 Å². The number of benzene rings is 2. The Morgan fingerprint density at radius 3 is 2.72 bits per heavy atom. The third-order valence-electron chi connectivity index (χ3n) is 5.90. The molecule has 2 heterocycles. The van der Waals surface area contributed by atoms with Crippen molar-refractivity contribution in [2.45, 2.75) is 32.4 Å². The molecule has 164 valence electrons. The van der Waals surface area contributed by atoms with Crippen LogP contribution in [-0.4, -0.2) is 11.0 Å². The molecule has 0 spiro atoms. The maximum Gasteiger partial charge on any atom is 0.417 e. The standard InChI is InChI=1S/C24H18F3NO4/c1-12-2-6-19-16(8-12)17-9-13(3-7-20(17)28-19)23(30)31-14-4-5-15-18(24(25,26)27)11-22(29)32-21(15)10-14/h3-5,7,9-12,28H,2,6,8H2,1H3/t12-/m1/s1. The van der Waals surface area contributed by atoms with Gasteiger partial charge in [0.05, 0.1) is 11.1 Å². The van der Waals surface area contributed by atoms with E-state index in [9.17, 15) is 22.8 Å². The fraction of sp³-hybridized carbons (Fsp3) is 0.250. The molecule has 0 fully saturated rings. The average Bonchev–Trinajstić information content (AvgIpc) is 3.09. The number of carbonyl (C=O) groups is 1. The molecule has 2 aromatic carbocycles. The highest BCUT2D eigenvalue weighted by Gasteiger charge is 2.34. The number of hydrogen-bond donors (Lipinski definition) is 1. The van der Waals surface area contributed by atoms with Gasteiger partial charge in [0, 0.05) is 34.1 Å². The van der Waals surface area contributed by atoms with E-state index in [1.165, 1.54) is 17.3 Å². The molecule has 4 aromatic rings. The lowest BCUT2D eigenvalue weighted by Gasteiger charge is -2.18. The Labute approximate surface area is 179 Å². The second-order valence-corrected chi connectivity index (χ2v) is 8.21. The number of alkyl halides is 3. The van der Waals surface area contributed by atoms with Gasteiger partial charge in [0.1, 0.15) is 11.3 Å². The zero-order valence-corrected chi connectivity index (χ0v) is 17.0. The first kappa shape index (κ1) is 20.4. The zero-order valence-electron chi connectivity index (χ0n) is 17.0. The minimum absolute atomic E-state index is 0.0187. The zero-order chi connectivity index (χ0) is 22.6. The lowest BCUT2D eigenvalue weighted by atomic mass is 9.87. The van der Waals surface area contributed by atoms with E-state index in [0.717, 1.165) is 42.3 Å². The second kappa shape index (κ2) is 7.25. The molecule has 5 nitrogen and oxygen atoms in total. The molecule has 1 N–H and O–H groups in total. The van der Waals surface area contributed by atoms with Crippen molar-refractivity contribution in [2.24, 2.45) is 5.92 Å². The molecular weight excluding hydrogens is 423 g/mol. The number of carbonyl (C=O) groups excluding carboxylic acids is 1. The molecular formula is C24H18F3NO4. The molecule has 8 heteroatoms. The molecule has 0 aliphatic heterocycles. The second-order valence-electron chi connectivity index (χ2n) is 8.21. The van der Waals surface area contributed by atoms with Crippen molar-refractivity contribution in [1.29, 1.82) is 0 Å². The van der Waals surface area contributed by atoms with E-state index in [4.69, 9.17) is 9.15 Å². The molecule has 1 atom stereocenters. The number of fused-ring (bicyclic) bond motifs is 4. The summed E-state index contributed by atoms with van der Waals surface area (Å²) in [5.74, 6) is -0.111. The van der Waals surface area contributed by atoms with Gasteiger partial charge in [-0.15, -0.1) is 0 Å². The average molecular weight is 441 g/mol. The largest absolute Gasteiger partial charge is 0.423 e. The van der Waals surface area contributed by atoms with Gasteiger partial charge in [0.15, 0.2) is 0 Å². The molecule has 0 amide bonds. The Bertz CT molecular complexity index is 1430. The van der Waals surface area contributed by atoms with Crippen LogP contribution in [-0.2, 0) is 19.0 Å². The van der Waals surface area contributed by atoms with Crippen LogP contribution in [0.25, 0.3) is 21.9 Å². The molecule has 0 bridgehead atoms. The van der Waals surface area contributed by atoms with Gasteiger partial charge >= 0.3 is 17.8 Å². The summed E-state index contributed by atoms with van der Waals surface area (Å²) < 4.78 is 49.9. The maximum atomic E-state index is 13.2. The van der Waals surface area contributed by atoms with Crippen molar-refractivity contribution in [2.75, 3.05) is 0 Å². The number of esters is 1. The number of ether oxygens (including phenoxy) is 1. The number of aromatic amines is 1. The van der Waals surface area contributed by atoms with Gasteiger partial charge in [-0.3, -0.25) is 0 Å². The van der Waals surface area contributed by atoms with E-state index in [1.807, 2.05) is 6.07 Å². The Morgan fingerprint density at radius 1 is 1.12 bits per heavy atom. The van der Waals surface area contributed by atoms with Gasteiger partial charge in [-0.2, -0.15) is 13.2 Å². The summed E-state index contributed by atoms with van der Waals surface area (Å²) in [6.07, 6.45) is -1.70. The van der Waals surface area contributed by atoms with E-state index < -0.39 is 23.3 Å². The van der Waals surface area contributed by atoms with E-state index in [0.29, 0.717) is 17.5 Å². The normalized spacial score (nSPS) is 16.3. The van der Waals surface area contributed by atoms with Crippen molar-refractivity contribution in [1.82, 2.24) is 4.98 Å². The smallest absolute Gasteiger partial charge is 0.417 e. The lowest BCUT2D eigenvalue weighted by molar-refractivity contribution is -0.136. The molecule has 0 radical (unpaired) electrons. The van der Waals surface area contributed by atoms with Crippen LogP contribution in [0.5, 0.6) is 5.75 Å². The van der Waals surface area contributed by atoms with Crippen LogP contribution in [0, 0.1) is 5.92 Å². The van der Waals surface area contributed by atoms with Gasteiger partial charge < -0.3 is 14.1 Å². The number of nitrogens with one attached hydrogen (secondary N) is 1. The molecule has 0 saturated carbocycles. The van der Waals surface area contributed by atoms with Crippen molar-refractivity contribution < 1.29 is 27.1 Å². The summed E-state index contributed by atoms with van der Waals surface area (Å²) >= 11 is 0. The Hall–Kier alpha value is -3.55. The van der Waals surface area contributed by atoms with Gasteiger partial charge in [0.25, 0.3) is 0 Å². The van der Waals surface area contributed by atoms with Crippen LogP contribution in [0.2, 0.25) is 0 Å². The quantitative estimate of drug-likeness (QED) is 0.248. The number of hydrogen-bond acceptors (Lipinski definition) is 4. The minimum atomic E-state index is -4.71. The molecule has 0 unspecified atom stereocenters. The number of H-pyrrole nitrogens is 1. The summed E-state index contributed by atoms with van der Waals surface area (Å²) in [6.45, 7) is 2.20. The first-order valence-electron chi connectivity index (χ1n) is 10.2. The molecule has 5 rings (SSSR count). The van der Waals surface area contributed by atoms with Gasteiger partial charge in [-0.1, -0.05) is 6.92 Å².